The van der Waals surface area contributed by atoms with Gasteiger partial charge in [0.05, 0.1) is 28.1 Å². The van der Waals surface area contributed by atoms with Crippen molar-refractivity contribution in [2.75, 3.05) is 0 Å². The Morgan fingerprint density at radius 2 is 1.21 bits per heavy atom. The molecule has 228 valence electrons. The van der Waals surface area contributed by atoms with Gasteiger partial charge in [-0.2, -0.15) is 5.10 Å². The predicted molar refractivity (Wildman–Crippen MR) is 173 cm³/mol. The van der Waals surface area contributed by atoms with E-state index in [0.29, 0.717) is 5.52 Å². The summed E-state index contributed by atoms with van der Waals surface area (Å²) in [5.74, 6) is 0.183. The SMILES string of the molecule is CC.CC1(C)OB(c2cnc3c(O)cccc3c2)OC1(C)C.Cc1cc(-c2ccc(B3OC(C)(C)C(C)(C)O3)cn2)n[nH]1. The largest absolute Gasteiger partial charge is 0.506 e. The highest BCUT2D eigenvalue weighted by Gasteiger charge is 2.52. The van der Waals surface area contributed by atoms with Gasteiger partial charge in [0.15, 0.2) is 0 Å². The third kappa shape index (κ3) is 6.65. The van der Waals surface area contributed by atoms with Gasteiger partial charge in [0.1, 0.15) is 17.0 Å². The van der Waals surface area contributed by atoms with Crippen LogP contribution in [0.3, 0.4) is 0 Å². The number of nitrogens with one attached hydrogen (secondary N) is 1. The summed E-state index contributed by atoms with van der Waals surface area (Å²) in [6.07, 6.45) is 3.49. The molecule has 9 nitrogen and oxygen atoms in total. The zero-order chi connectivity index (χ0) is 31.8. The first kappa shape index (κ1) is 32.7. The van der Waals surface area contributed by atoms with Gasteiger partial charge < -0.3 is 23.7 Å². The van der Waals surface area contributed by atoms with Gasteiger partial charge in [0, 0.05) is 34.4 Å². The van der Waals surface area contributed by atoms with Gasteiger partial charge in [-0.3, -0.25) is 15.1 Å². The molecule has 0 aliphatic carbocycles. The summed E-state index contributed by atoms with van der Waals surface area (Å²) in [5, 5.41) is 17.8. The highest BCUT2D eigenvalue weighted by atomic mass is 16.7. The van der Waals surface area contributed by atoms with Gasteiger partial charge in [-0.15, -0.1) is 0 Å². The monoisotopic (exact) mass is 586 g/mol. The van der Waals surface area contributed by atoms with E-state index in [1.807, 2.05) is 106 Å². The van der Waals surface area contributed by atoms with Crippen LogP contribution in [0.15, 0.2) is 54.9 Å². The summed E-state index contributed by atoms with van der Waals surface area (Å²) in [6, 6.07) is 13.2. The van der Waals surface area contributed by atoms with Gasteiger partial charge in [0.25, 0.3) is 0 Å². The van der Waals surface area contributed by atoms with Crippen LogP contribution in [0.1, 0.15) is 74.9 Å². The molecule has 4 aromatic rings. The molecule has 6 rings (SSSR count). The number of hydrogen-bond acceptors (Lipinski definition) is 8. The molecule has 1 aromatic carbocycles. The minimum Gasteiger partial charge on any atom is -0.506 e. The maximum absolute atomic E-state index is 9.77. The molecule has 0 bridgehead atoms. The molecule has 2 fully saturated rings. The van der Waals surface area contributed by atoms with Gasteiger partial charge in [-0.25, -0.2) is 0 Å². The zero-order valence-corrected chi connectivity index (χ0v) is 27.3. The smallest absolute Gasteiger partial charge is 0.496 e. The van der Waals surface area contributed by atoms with Gasteiger partial charge >= 0.3 is 14.2 Å². The van der Waals surface area contributed by atoms with Crippen molar-refractivity contribution < 1.29 is 23.7 Å². The highest BCUT2D eigenvalue weighted by molar-refractivity contribution is 6.62. The molecule has 11 heteroatoms. The van der Waals surface area contributed by atoms with E-state index in [9.17, 15) is 5.11 Å². The molecule has 5 heterocycles. The van der Waals surface area contributed by atoms with Crippen LogP contribution in [-0.4, -0.2) is 61.9 Å². The molecule has 0 amide bonds. The summed E-state index contributed by atoms with van der Waals surface area (Å²) in [5.41, 5.74) is 3.65. The molecule has 2 aliphatic heterocycles. The fraction of sp³-hybridized carbons (Fsp3) is 0.469. The number of aryl methyl sites for hydroxylation is 1. The number of fused-ring (bicyclic) bond motifs is 1. The van der Waals surface area contributed by atoms with Crippen molar-refractivity contribution in [2.24, 2.45) is 0 Å². The van der Waals surface area contributed by atoms with E-state index in [1.54, 1.807) is 24.5 Å². The van der Waals surface area contributed by atoms with Crippen molar-refractivity contribution in [3.8, 4) is 17.1 Å². The topological polar surface area (TPSA) is 112 Å². The molecule has 2 aliphatic rings. The molecule has 3 aromatic heterocycles. The lowest BCUT2D eigenvalue weighted by atomic mass is 9.80. The molecular formula is C32H44B2N4O5. The van der Waals surface area contributed by atoms with E-state index in [0.717, 1.165) is 33.4 Å². The summed E-state index contributed by atoms with van der Waals surface area (Å²) in [4.78, 5) is 8.77. The van der Waals surface area contributed by atoms with Gasteiger partial charge in [-0.05, 0) is 80.5 Å². The fourth-order valence-electron chi connectivity index (χ4n) is 4.49. The van der Waals surface area contributed by atoms with Crippen molar-refractivity contribution in [1.82, 2.24) is 20.2 Å². The summed E-state index contributed by atoms with van der Waals surface area (Å²) < 4.78 is 24.0. The van der Waals surface area contributed by atoms with Crippen LogP contribution >= 0.6 is 0 Å². The Labute approximate surface area is 256 Å². The van der Waals surface area contributed by atoms with E-state index < -0.39 is 7.12 Å². The highest BCUT2D eigenvalue weighted by Crippen LogP contribution is 2.37. The van der Waals surface area contributed by atoms with Crippen molar-refractivity contribution in [2.45, 2.75) is 98.6 Å². The van der Waals surface area contributed by atoms with E-state index in [1.165, 1.54) is 0 Å². The van der Waals surface area contributed by atoms with Crippen LogP contribution in [-0.2, 0) is 18.6 Å². The molecule has 0 saturated carbocycles. The predicted octanol–water partition coefficient (Wildman–Crippen LogP) is 5.35. The average Bonchev–Trinajstić information content (AvgIpc) is 3.55. The fourth-order valence-corrected chi connectivity index (χ4v) is 4.49. The third-order valence-electron chi connectivity index (χ3n) is 8.52. The Kier molecular flexibility index (Phi) is 9.14. The van der Waals surface area contributed by atoms with Crippen molar-refractivity contribution in [3.63, 3.8) is 0 Å². The molecule has 0 spiro atoms. The van der Waals surface area contributed by atoms with Crippen LogP contribution in [0.4, 0.5) is 0 Å². The molecular weight excluding hydrogens is 542 g/mol. The number of benzene rings is 1. The van der Waals surface area contributed by atoms with Crippen molar-refractivity contribution in [1.29, 1.82) is 0 Å². The molecule has 0 unspecified atom stereocenters. The number of nitrogens with zero attached hydrogens (tertiary/aromatic N) is 3. The molecule has 2 saturated heterocycles. The normalized spacial score (nSPS) is 19.4. The number of hydrogen-bond donors (Lipinski definition) is 2. The minimum absolute atomic E-state index is 0.183. The van der Waals surface area contributed by atoms with E-state index in [-0.39, 0.29) is 35.3 Å². The lowest BCUT2D eigenvalue weighted by Gasteiger charge is -2.32. The first-order valence-corrected chi connectivity index (χ1v) is 14.9. The Morgan fingerprint density at radius 3 is 1.70 bits per heavy atom. The second-order valence-electron chi connectivity index (χ2n) is 12.7. The maximum atomic E-state index is 9.77. The standard InChI is InChI=1S/C15H20BN3O2.C15H18BNO3.C2H6/c1-10-8-13(19-18-10)12-7-6-11(9-17-12)16-20-14(2,3)15(4,5)21-16;1-14(2)15(3,4)20-16(19-14)11-8-10-6-5-7-12(18)13(10)17-9-11;1-2/h6-9H,1-5H3,(H,18,19);5-9,18H,1-4H3;1-2H3. The Bertz CT molecular complexity index is 1520. The number of para-hydroxylation sites is 1. The van der Waals surface area contributed by atoms with Crippen LogP contribution < -0.4 is 10.9 Å². The zero-order valence-electron chi connectivity index (χ0n) is 27.3. The summed E-state index contributed by atoms with van der Waals surface area (Å²) in [6.45, 7) is 22.2. The van der Waals surface area contributed by atoms with E-state index in [4.69, 9.17) is 18.6 Å². The van der Waals surface area contributed by atoms with Crippen molar-refractivity contribution >= 4 is 36.1 Å². The van der Waals surface area contributed by atoms with Crippen LogP contribution in [0, 0.1) is 6.92 Å². The van der Waals surface area contributed by atoms with Gasteiger partial charge in [-0.1, -0.05) is 38.1 Å². The second-order valence-corrected chi connectivity index (χ2v) is 12.7. The molecule has 0 atom stereocenters. The number of H-pyrrole nitrogens is 1. The van der Waals surface area contributed by atoms with Crippen LogP contribution in [0.2, 0.25) is 0 Å². The first-order valence-electron chi connectivity index (χ1n) is 14.9. The number of aromatic hydroxyl groups is 1. The number of aromatic amines is 1. The lowest BCUT2D eigenvalue weighted by molar-refractivity contribution is 0.00578. The lowest BCUT2D eigenvalue weighted by Crippen LogP contribution is -2.41. The summed E-state index contributed by atoms with van der Waals surface area (Å²) in [7, 11) is -0.809. The van der Waals surface area contributed by atoms with Crippen molar-refractivity contribution in [3.05, 3.63) is 60.6 Å². The summed E-state index contributed by atoms with van der Waals surface area (Å²) >= 11 is 0. The quantitative estimate of drug-likeness (QED) is 0.310. The number of phenols is 1. The van der Waals surface area contributed by atoms with E-state index in [2.05, 4.69) is 20.2 Å². The Morgan fingerprint density at radius 1 is 0.674 bits per heavy atom. The average molecular weight is 586 g/mol. The van der Waals surface area contributed by atoms with Gasteiger partial charge in [0.2, 0.25) is 0 Å². The Hall–Kier alpha value is -3.24. The molecule has 2 N–H and O–H groups in total. The number of aromatic nitrogens is 4. The third-order valence-corrected chi connectivity index (χ3v) is 8.52. The number of pyridine rings is 2. The molecule has 0 radical (unpaired) electrons. The number of rotatable bonds is 3. The van der Waals surface area contributed by atoms with E-state index >= 15 is 0 Å². The maximum Gasteiger partial charge on any atom is 0.496 e. The number of phenolic OH excluding ortho intramolecular Hbond substituents is 1. The second kappa shape index (κ2) is 12.0. The Balaban J connectivity index is 0.000000186. The first-order chi connectivity index (χ1) is 20.1. The van der Waals surface area contributed by atoms with Crippen LogP contribution in [0.25, 0.3) is 22.3 Å². The minimum atomic E-state index is -0.431. The van der Waals surface area contributed by atoms with Crippen LogP contribution in [0.5, 0.6) is 5.75 Å². The molecule has 43 heavy (non-hydrogen) atoms.